The first-order valence-corrected chi connectivity index (χ1v) is 12.3. The number of piperidine rings is 1. The Morgan fingerprint density at radius 2 is 1.97 bits per heavy atom. The van der Waals surface area contributed by atoms with Crippen molar-refractivity contribution in [3.63, 3.8) is 0 Å². The van der Waals surface area contributed by atoms with Crippen LogP contribution in [0.3, 0.4) is 0 Å². The zero-order valence-electron chi connectivity index (χ0n) is 20.4. The summed E-state index contributed by atoms with van der Waals surface area (Å²) in [6.45, 7) is 5.67. The summed E-state index contributed by atoms with van der Waals surface area (Å²) in [6.07, 6.45) is 8.06. The second kappa shape index (κ2) is 11.7. The lowest BCUT2D eigenvalue weighted by Crippen LogP contribution is -2.38. The molecule has 2 aromatic heterocycles. The number of nitrogens with zero attached hydrogens (tertiary/aromatic N) is 4. The van der Waals surface area contributed by atoms with Gasteiger partial charge >= 0.3 is 5.97 Å². The fraction of sp³-hybridized carbons (Fsp3) is 0.462. The van der Waals surface area contributed by atoms with E-state index in [0.29, 0.717) is 18.4 Å². The van der Waals surface area contributed by atoms with E-state index in [1.807, 2.05) is 44.2 Å². The summed E-state index contributed by atoms with van der Waals surface area (Å²) in [5, 5.41) is 3.16. The Hall–Kier alpha value is -3.62. The van der Waals surface area contributed by atoms with Crippen LogP contribution in [0.4, 0.5) is 11.6 Å². The van der Waals surface area contributed by atoms with Crippen molar-refractivity contribution in [2.24, 2.45) is 0 Å². The van der Waals surface area contributed by atoms with Gasteiger partial charge in [-0.1, -0.05) is 43.7 Å². The highest BCUT2D eigenvalue weighted by atomic mass is 16.5. The van der Waals surface area contributed by atoms with Crippen LogP contribution in [-0.2, 0) is 16.1 Å². The van der Waals surface area contributed by atoms with Gasteiger partial charge < -0.3 is 19.4 Å². The molecule has 9 heteroatoms. The van der Waals surface area contributed by atoms with Crippen molar-refractivity contribution in [2.75, 3.05) is 29.9 Å². The Bertz CT molecular complexity index is 1170. The van der Waals surface area contributed by atoms with Crippen LogP contribution < -0.4 is 15.8 Å². The monoisotopic (exact) mass is 479 g/mol. The van der Waals surface area contributed by atoms with Gasteiger partial charge in [-0.25, -0.2) is 9.97 Å². The van der Waals surface area contributed by atoms with Gasteiger partial charge in [0.05, 0.1) is 12.8 Å². The van der Waals surface area contributed by atoms with Crippen LogP contribution in [0.15, 0.2) is 52.0 Å². The molecule has 186 valence electrons. The molecule has 1 N–H and O–H groups in total. The van der Waals surface area contributed by atoms with Crippen molar-refractivity contribution in [2.45, 2.75) is 58.5 Å². The summed E-state index contributed by atoms with van der Waals surface area (Å²) in [5.41, 5.74) is 1.63. The summed E-state index contributed by atoms with van der Waals surface area (Å²) in [6, 6.07) is 9.36. The van der Waals surface area contributed by atoms with E-state index in [9.17, 15) is 9.59 Å². The summed E-state index contributed by atoms with van der Waals surface area (Å²) in [4.78, 5) is 37.2. The van der Waals surface area contributed by atoms with Crippen molar-refractivity contribution < 1.29 is 13.9 Å². The largest absolute Gasteiger partial charge is 0.464 e. The van der Waals surface area contributed by atoms with Crippen molar-refractivity contribution in [1.82, 2.24) is 14.5 Å². The Morgan fingerprint density at radius 3 is 2.71 bits per heavy atom. The zero-order valence-corrected chi connectivity index (χ0v) is 20.4. The maximum Gasteiger partial charge on any atom is 0.326 e. The van der Waals surface area contributed by atoms with Crippen LogP contribution in [0.5, 0.6) is 0 Å². The molecule has 1 aliphatic heterocycles. The average Bonchev–Trinajstić information content (AvgIpc) is 3.38. The lowest BCUT2D eigenvalue weighted by molar-refractivity contribution is -0.144. The van der Waals surface area contributed by atoms with Gasteiger partial charge in [-0.3, -0.25) is 14.2 Å². The summed E-state index contributed by atoms with van der Waals surface area (Å²) in [7, 11) is 0. The third-order valence-corrected chi connectivity index (χ3v) is 6.05. The number of anilines is 2. The summed E-state index contributed by atoms with van der Waals surface area (Å²) in [5.74, 6) is 0.516. The molecule has 0 bridgehead atoms. The maximum atomic E-state index is 13.5. The number of esters is 1. The minimum atomic E-state index is -0.439. The lowest BCUT2D eigenvalue weighted by atomic mass is 10.1. The molecule has 1 aliphatic rings. The fourth-order valence-electron chi connectivity index (χ4n) is 4.10. The van der Waals surface area contributed by atoms with E-state index < -0.39 is 5.97 Å². The predicted molar refractivity (Wildman–Crippen MR) is 134 cm³/mol. The van der Waals surface area contributed by atoms with Gasteiger partial charge in [0, 0.05) is 18.7 Å². The van der Waals surface area contributed by atoms with E-state index in [1.165, 1.54) is 10.8 Å². The Balaban J connectivity index is 1.56. The average molecular weight is 480 g/mol. The molecule has 35 heavy (non-hydrogen) atoms. The molecule has 4 rings (SSSR count). The van der Waals surface area contributed by atoms with Gasteiger partial charge in [-0.2, -0.15) is 0 Å². The molecule has 0 spiro atoms. The summed E-state index contributed by atoms with van der Waals surface area (Å²) >= 11 is 0. The van der Waals surface area contributed by atoms with E-state index in [2.05, 4.69) is 20.2 Å². The number of hydrogen-bond donors (Lipinski definition) is 1. The van der Waals surface area contributed by atoms with Crippen LogP contribution in [-0.4, -0.2) is 40.2 Å². The van der Waals surface area contributed by atoms with Crippen molar-refractivity contribution >= 4 is 17.6 Å². The highest BCUT2D eigenvalue weighted by molar-refractivity contribution is 5.70. The lowest BCUT2D eigenvalue weighted by Gasteiger charge is -2.29. The minimum Gasteiger partial charge on any atom is -0.464 e. The molecule has 1 aromatic carbocycles. The van der Waals surface area contributed by atoms with Crippen LogP contribution in [0.1, 0.15) is 57.9 Å². The molecule has 1 atom stereocenters. The second-order valence-corrected chi connectivity index (χ2v) is 8.79. The molecular formula is C26H33N5O4. The van der Waals surface area contributed by atoms with E-state index in [0.717, 1.165) is 56.5 Å². The molecule has 1 fully saturated rings. The first-order valence-electron chi connectivity index (χ1n) is 12.3. The first-order chi connectivity index (χ1) is 17.1. The molecule has 0 amide bonds. The maximum absolute atomic E-state index is 13.5. The fourth-order valence-corrected chi connectivity index (χ4v) is 4.10. The van der Waals surface area contributed by atoms with Crippen molar-refractivity contribution in [3.8, 4) is 11.3 Å². The van der Waals surface area contributed by atoms with Crippen molar-refractivity contribution in [1.29, 1.82) is 0 Å². The number of carbonyl (C=O) groups excluding carboxylic acids is 1. The van der Waals surface area contributed by atoms with E-state index in [4.69, 9.17) is 9.15 Å². The Labute approximate surface area is 205 Å². The van der Waals surface area contributed by atoms with Gasteiger partial charge in [0.1, 0.15) is 30.2 Å². The number of carbonyl (C=O) groups is 1. The van der Waals surface area contributed by atoms with Crippen LogP contribution >= 0.6 is 0 Å². The number of nitrogens with one attached hydrogen (secondary N) is 1. The van der Waals surface area contributed by atoms with Gasteiger partial charge in [0.15, 0.2) is 0 Å². The normalized spacial score (nSPS) is 14.5. The van der Waals surface area contributed by atoms with Crippen LogP contribution in [0.25, 0.3) is 11.3 Å². The molecule has 1 saturated heterocycles. The third kappa shape index (κ3) is 6.09. The van der Waals surface area contributed by atoms with E-state index in [1.54, 1.807) is 6.26 Å². The van der Waals surface area contributed by atoms with Crippen LogP contribution in [0.2, 0.25) is 0 Å². The predicted octanol–water partition coefficient (Wildman–Crippen LogP) is 4.41. The smallest absolute Gasteiger partial charge is 0.326 e. The molecule has 0 radical (unpaired) electrons. The van der Waals surface area contributed by atoms with E-state index >= 15 is 0 Å². The summed E-state index contributed by atoms with van der Waals surface area (Å²) < 4.78 is 12.4. The topological polar surface area (TPSA) is 102 Å². The Morgan fingerprint density at radius 1 is 1.20 bits per heavy atom. The number of unbranched alkanes of at least 4 members (excludes halogenated alkanes) is 1. The number of benzene rings is 1. The molecule has 3 heterocycles. The molecule has 0 saturated carbocycles. The Kier molecular flexibility index (Phi) is 8.18. The molecule has 9 nitrogen and oxygen atoms in total. The number of aromatic nitrogens is 3. The number of hydrogen-bond acceptors (Lipinski definition) is 8. The van der Waals surface area contributed by atoms with Gasteiger partial charge in [-0.15, -0.1) is 0 Å². The van der Waals surface area contributed by atoms with Gasteiger partial charge in [0.25, 0.3) is 5.56 Å². The van der Waals surface area contributed by atoms with Gasteiger partial charge in [-0.05, 0) is 32.6 Å². The molecular weight excluding hydrogens is 446 g/mol. The quantitative estimate of drug-likeness (QED) is 0.337. The van der Waals surface area contributed by atoms with Crippen molar-refractivity contribution in [3.05, 3.63) is 59.0 Å². The standard InChI is InChI=1S/C26H33N5O4/c1-3-4-15-34-23(32)17-31-25(33)21(16-27-26(31)30-13-9-6-10-14-30)28-19(2)24-29-22(18-35-24)20-11-7-5-8-12-20/h5,7-8,11-12,16,18-19,28H,3-4,6,9-10,13-15,17H2,1-2H3/t19-/m1/s1. The molecule has 0 aliphatic carbocycles. The SMILES string of the molecule is CCCCOC(=O)Cn1c(N2CCCCC2)ncc(N[C@H](C)c2nc(-c3ccccc3)co2)c1=O. The molecule has 3 aromatic rings. The zero-order chi connectivity index (χ0) is 24.6. The number of oxazole rings is 1. The molecule has 0 unspecified atom stereocenters. The van der Waals surface area contributed by atoms with Crippen LogP contribution in [0, 0.1) is 0 Å². The minimum absolute atomic E-state index is 0.178. The first kappa shape index (κ1) is 24.5. The third-order valence-electron chi connectivity index (χ3n) is 6.05. The highest BCUT2D eigenvalue weighted by Gasteiger charge is 2.22. The second-order valence-electron chi connectivity index (χ2n) is 8.79. The highest BCUT2D eigenvalue weighted by Crippen LogP contribution is 2.23. The number of rotatable bonds is 10. The number of ether oxygens (including phenoxy) is 1. The van der Waals surface area contributed by atoms with Gasteiger partial charge in [0.2, 0.25) is 11.8 Å². The van der Waals surface area contributed by atoms with E-state index in [-0.39, 0.29) is 23.8 Å².